The zero-order valence-corrected chi connectivity index (χ0v) is 17.9. The van der Waals surface area contributed by atoms with Crippen LogP contribution in [0.15, 0.2) is 12.1 Å². The molecule has 3 aromatic rings. The van der Waals surface area contributed by atoms with E-state index in [9.17, 15) is 0 Å². The SMILES string of the molecule is CCc1cc2c(sc3c(CC)c(I)c(CC)cc32)c(CC)c1Cl. The molecule has 23 heavy (non-hydrogen) atoms. The van der Waals surface area contributed by atoms with Crippen molar-refractivity contribution in [3.8, 4) is 0 Å². The van der Waals surface area contributed by atoms with Gasteiger partial charge in [0.25, 0.3) is 0 Å². The molecule has 0 radical (unpaired) electrons. The molecule has 0 saturated carbocycles. The Morgan fingerprint density at radius 1 is 0.826 bits per heavy atom. The normalized spacial score (nSPS) is 11.7. The van der Waals surface area contributed by atoms with E-state index in [0.717, 1.165) is 30.7 Å². The van der Waals surface area contributed by atoms with Crippen LogP contribution in [-0.2, 0) is 25.7 Å². The Morgan fingerprint density at radius 2 is 1.35 bits per heavy atom. The molecular weight excluding hydrogens is 435 g/mol. The van der Waals surface area contributed by atoms with E-state index in [1.165, 1.54) is 46.0 Å². The zero-order chi connectivity index (χ0) is 16.7. The van der Waals surface area contributed by atoms with Gasteiger partial charge in [0.05, 0.1) is 0 Å². The Balaban J connectivity index is 2.53. The van der Waals surface area contributed by atoms with Crippen LogP contribution < -0.4 is 0 Å². The summed E-state index contributed by atoms with van der Waals surface area (Å²) in [7, 11) is 0. The lowest BCUT2D eigenvalue weighted by Crippen LogP contribution is -1.94. The summed E-state index contributed by atoms with van der Waals surface area (Å²) in [5.41, 5.74) is 5.60. The maximum Gasteiger partial charge on any atom is 0.0484 e. The molecule has 0 bridgehead atoms. The number of thiophene rings is 1. The van der Waals surface area contributed by atoms with Gasteiger partial charge in [-0.2, -0.15) is 0 Å². The highest BCUT2D eigenvalue weighted by Gasteiger charge is 2.18. The molecule has 2 aromatic carbocycles. The minimum absolute atomic E-state index is 0.984. The van der Waals surface area contributed by atoms with Crippen molar-refractivity contribution < 1.29 is 0 Å². The summed E-state index contributed by atoms with van der Waals surface area (Å²) in [5, 5.41) is 3.82. The Labute approximate surface area is 161 Å². The van der Waals surface area contributed by atoms with E-state index in [0.29, 0.717) is 0 Å². The van der Waals surface area contributed by atoms with Crippen LogP contribution in [-0.4, -0.2) is 0 Å². The minimum Gasteiger partial charge on any atom is -0.135 e. The lowest BCUT2D eigenvalue weighted by atomic mass is 9.98. The van der Waals surface area contributed by atoms with Gasteiger partial charge in [0.15, 0.2) is 0 Å². The third-order valence-electron chi connectivity index (χ3n) is 4.73. The van der Waals surface area contributed by atoms with Crippen LogP contribution in [0.2, 0.25) is 5.02 Å². The average Bonchev–Trinajstić information content (AvgIpc) is 2.91. The number of hydrogen-bond acceptors (Lipinski definition) is 1. The van der Waals surface area contributed by atoms with Gasteiger partial charge in [-0.15, -0.1) is 11.3 Å². The van der Waals surface area contributed by atoms with Crippen LogP contribution in [0.3, 0.4) is 0 Å². The molecular formula is C20H22ClIS. The van der Waals surface area contributed by atoms with Crippen molar-refractivity contribution in [1.29, 1.82) is 0 Å². The fourth-order valence-corrected chi connectivity index (χ4v) is 6.74. The molecule has 3 heteroatoms. The van der Waals surface area contributed by atoms with Crippen LogP contribution >= 0.6 is 45.5 Å². The highest BCUT2D eigenvalue weighted by molar-refractivity contribution is 14.1. The summed E-state index contributed by atoms with van der Waals surface area (Å²) in [6.45, 7) is 8.93. The second-order valence-electron chi connectivity index (χ2n) is 5.93. The first-order valence-corrected chi connectivity index (χ1v) is 10.7. The topological polar surface area (TPSA) is 0 Å². The van der Waals surface area contributed by atoms with Gasteiger partial charge < -0.3 is 0 Å². The van der Waals surface area contributed by atoms with Crippen LogP contribution in [0.5, 0.6) is 0 Å². The number of benzene rings is 2. The van der Waals surface area contributed by atoms with Gasteiger partial charge in [-0.3, -0.25) is 0 Å². The molecule has 0 amide bonds. The summed E-state index contributed by atoms with van der Waals surface area (Å²) in [6, 6.07) is 4.75. The van der Waals surface area contributed by atoms with Crippen molar-refractivity contribution in [2.24, 2.45) is 0 Å². The molecule has 0 unspecified atom stereocenters. The van der Waals surface area contributed by atoms with E-state index >= 15 is 0 Å². The number of hydrogen-bond donors (Lipinski definition) is 0. The van der Waals surface area contributed by atoms with Gasteiger partial charge in [0.2, 0.25) is 0 Å². The van der Waals surface area contributed by atoms with Crippen molar-refractivity contribution in [2.75, 3.05) is 0 Å². The predicted octanol–water partition coefficient (Wildman–Crippen LogP) is 7.56. The first-order valence-electron chi connectivity index (χ1n) is 8.43. The highest BCUT2D eigenvalue weighted by atomic mass is 127. The van der Waals surface area contributed by atoms with E-state index in [1.807, 2.05) is 11.3 Å². The van der Waals surface area contributed by atoms with E-state index in [2.05, 4.69) is 62.4 Å². The molecule has 3 rings (SSSR count). The summed E-state index contributed by atoms with van der Waals surface area (Å²) in [5.74, 6) is 0. The Bertz CT molecular complexity index is 820. The smallest absolute Gasteiger partial charge is 0.0484 e. The van der Waals surface area contributed by atoms with Gasteiger partial charge in [-0.05, 0) is 82.7 Å². The number of rotatable bonds is 4. The first kappa shape index (κ1) is 17.5. The number of halogens is 2. The van der Waals surface area contributed by atoms with E-state index in [1.54, 1.807) is 0 Å². The lowest BCUT2D eigenvalue weighted by molar-refractivity contribution is 1.08. The molecule has 0 saturated heterocycles. The standard InChI is InChI=1S/C20H22ClIS/c1-5-11-9-15-16-10-12(6-2)18(22)14(8-4)20(16)23-19(15)13(7-3)17(11)21/h9-10H,5-8H2,1-4H3. The Hall–Kier alpha value is -0.320. The van der Waals surface area contributed by atoms with Crippen LogP contribution in [0.1, 0.15) is 49.9 Å². The monoisotopic (exact) mass is 456 g/mol. The molecule has 0 atom stereocenters. The molecule has 1 aromatic heterocycles. The van der Waals surface area contributed by atoms with Gasteiger partial charge in [0, 0.05) is 28.8 Å². The summed E-state index contributed by atoms with van der Waals surface area (Å²) in [4.78, 5) is 0. The van der Waals surface area contributed by atoms with Gasteiger partial charge >= 0.3 is 0 Å². The molecule has 0 aliphatic heterocycles. The maximum absolute atomic E-state index is 6.68. The highest BCUT2D eigenvalue weighted by Crippen LogP contribution is 2.43. The quantitative estimate of drug-likeness (QED) is 0.355. The maximum atomic E-state index is 6.68. The summed E-state index contributed by atoms with van der Waals surface area (Å²) < 4.78 is 4.30. The second-order valence-corrected chi connectivity index (χ2v) is 8.40. The molecule has 0 spiro atoms. The van der Waals surface area contributed by atoms with Crippen LogP contribution in [0, 0.1) is 3.57 Å². The van der Waals surface area contributed by atoms with Gasteiger partial charge in [-0.25, -0.2) is 0 Å². The third-order valence-corrected chi connectivity index (χ3v) is 7.89. The molecule has 0 fully saturated rings. The van der Waals surface area contributed by atoms with Crippen molar-refractivity contribution in [1.82, 2.24) is 0 Å². The Kier molecular flexibility index (Phi) is 5.24. The van der Waals surface area contributed by atoms with Gasteiger partial charge in [0.1, 0.15) is 0 Å². The zero-order valence-electron chi connectivity index (χ0n) is 14.1. The van der Waals surface area contributed by atoms with E-state index in [4.69, 9.17) is 11.6 Å². The fraction of sp³-hybridized carbons (Fsp3) is 0.400. The van der Waals surface area contributed by atoms with Crippen LogP contribution in [0.4, 0.5) is 0 Å². The fourth-order valence-electron chi connectivity index (χ4n) is 3.40. The second kappa shape index (κ2) is 6.89. The molecule has 0 nitrogen and oxygen atoms in total. The van der Waals surface area contributed by atoms with Crippen molar-refractivity contribution in [3.05, 3.63) is 43.0 Å². The summed E-state index contributed by atoms with van der Waals surface area (Å²) >= 11 is 11.2. The molecule has 0 aliphatic carbocycles. The average molecular weight is 457 g/mol. The lowest BCUT2D eigenvalue weighted by Gasteiger charge is -2.10. The first-order chi connectivity index (χ1) is 11.1. The molecule has 1 heterocycles. The molecule has 0 N–H and O–H groups in total. The van der Waals surface area contributed by atoms with Crippen molar-refractivity contribution in [3.63, 3.8) is 0 Å². The predicted molar refractivity (Wildman–Crippen MR) is 115 cm³/mol. The summed E-state index contributed by atoms with van der Waals surface area (Å²) in [6.07, 6.45) is 4.17. The number of fused-ring (bicyclic) bond motifs is 3. The minimum atomic E-state index is 0.984. The molecule has 0 aliphatic rings. The number of aryl methyl sites for hydroxylation is 4. The molecule has 122 valence electrons. The van der Waals surface area contributed by atoms with Gasteiger partial charge in [-0.1, -0.05) is 39.3 Å². The van der Waals surface area contributed by atoms with E-state index in [-0.39, 0.29) is 0 Å². The van der Waals surface area contributed by atoms with E-state index < -0.39 is 0 Å². The largest absolute Gasteiger partial charge is 0.135 e. The van der Waals surface area contributed by atoms with Crippen LogP contribution in [0.25, 0.3) is 20.2 Å². The third kappa shape index (κ3) is 2.71. The van der Waals surface area contributed by atoms with Crippen molar-refractivity contribution in [2.45, 2.75) is 53.4 Å². The Morgan fingerprint density at radius 3 is 1.87 bits per heavy atom. The van der Waals surface area contributed by atoms with Crippen molar-refractivity contribution >= 4 is 65.7 Å².